The number of likely N-dealkylation sites (N-methyl/N-ethyl adjacent to an activating group) is 1. The van der Waals surface area contributed by atoms with E-state index in [0.717, 1.165) is 29.7 Å². The molecule has 8 nitrogen and oxygen atoms in total. The van der Waals surface area contributed by atoms with Crippen LogP contribution in [0.1, 0.15) is 33.7 Å². The first kappa shape index (κ1) is 18.1. The molecular formula is C18H24N6O2. The Morgan fingerprint density at radius 2 is 2.23 bits per heavy atom. The minimum absolute atomic E-state index is 0.168. The minimum atomic E-state index is -0.969. The molecule has 0 radical (unpaired) electrons. The fourth-order valence-corrected chi connectivity index (χ4v) is 3.47. The van der Waals surface area contributed by atoms with Gasteiger partial charge in [0.25, 0.3) is 0 Å². The molecule has 0 amide bonds. The van der Waals surface area contributed by atoms with Gasteiger partial charge in [-0.2, -0.15) is 5.10 Å². The van der Waals surface area contributed by atoms with Gasteiger partial charge in [0.1, 0.15) is 0 Å². The van der Waals surface area contributed by atoms with Crippen LogP contribution in [-0.4, -0.2) is 55.9 Å². The van der Waals surface area contributed by atoms with Crippen molar-refractivity contribution in [3.8, 4) is 0 Å². The topological polar surface area (TPSA) is 96.2 Å². The lowest BCUT2D eigenvalue weighted by Crippen LogP contribution is -2.36. The number of aromatic carboxylic acids is 1. The van der Waals surface area contributed by atoms with Crippen molar-refractivity contribution in [3.63, 3.8) is 0 Å². The molecule has 1 atom stereocenters. The third kappa shape index (κ3) is 3.60. The molecule has 0 fully saturated rings. The summed E-state index contributed by atoms with van der Waals surface area (Å²) in [5.74, 6) is -0.372. The number of nitrogens with zero attached hydrogens (tertiary/aromatic N) is 5. The van der Waals surface area contributed by atoms with Gasteiger partial charge in [-0.05, 0) is 26.3 Å². The summed E-state index contributed by atoms with van der Waals surface area (Å²) < 4.78 is 1.77. The predicted molar refractivity (Wildman–Crippen MR) is 98.2 cm³/mol. The molecule has 26 heavy (non-hydrogen) atoms. The minimum Gasteiger partial charge on any atom is -0.476 e. The van der Waals surface area contributed by atoms with Gasteiger partial charge in [0.2, 0.25) is 5.95 Å². The fraction of sp³-hybridized carbons (Fsp3) is 0.444. The molecule has 0 spiro atoms. The van der Waals surface area contributed by atoms with E-state index in [0.29, 0.717) is 25.5 Å². The molecule has 0 unspecified atom stereocenters. The standard InChI is InChI=1S/C18H24N6O2/c1-4-7-24-15-6-5-13(8-14(15)16(22-24)17(25)26)23(3)11-12-9-20-18(19-2)21-10-12/h4,9-10,13H,1,5-8,11H2,2-3H3,(H,25,26)(H,19,20,21)/t13-/m0/s1. The van der Waals surface area contributed by atoms with E-state index in [1.165, 1.54) is 0 Å². The first-order valence-corrected chi connectivity index (χ1v) is 8.65. The molecule has 2 aromatic heterocycles. The first-order valence-electron chi connectivity index (χ1n) is 8.65. The van der Waals surface area contributed by atoms with Gasteiger partial charge in [-0.25, -0.2) is 14.8 Å². The largest absolute Gasteiger partial charge is 0.476 e. The van der Waals surface area contributed by atoms with Crippen molar-refractivity contribution >= 4 is 11.9 Å². The molecule has 2 N–H and O–H groups in total. The lowest BCUT2D eigenvalue weighted by molar-refractivity contribution is 0.0687. The Morgan fingerprint density at radius 3 is 2.85 bits per heavy atom. The Hall–Kier alpha value is -2.74. The van der Waals surface area contributed by atoms with Crippen LogP contribution in [0.2, 0.25) is 0 Å². The number of allylic oxidation sites excluding steroid dienone is 1. The number of carboxylic acids is 1. The number of hydrogen-bond donors (Lipinski definition) is 2. The summed E-state index contributed by atoms with van der Waals surface area (Å²) >= 11 is 0. The zero-order valence-corrected chi connectivity index (χ0v) is 15.1. The summed E-state index contributed by atoms with van der Waals surface area (Å²) in [7, 11) is 3.84. The molecule has 138 valence electrons. The summed E-state index contributed by atoms with van der Waals surface area (Å²) in [6, 6.07) is 0.256. The number of anilines is 1. The van der Waals surface area contributed by atoms with Gasteiger partial charge in [0.05, 0.1) is 6.54 Å². The summed E-state index contributed by atoms with van der Waals surface area (Å²) in [5, 5.41) is 16.7. The number of nitrogens with one attached hydrogen (secondary N) is 1. The van der Waals surface area contributed by atoms with Crippen LogP contribution in [0.5, 0.6) is 0 Å². The molecule has 0 saturated heterocycles. The van der Waals surface area contributed by atoms with E-state index in [-0.39, 0.29) is 11.7 Å². The second-order valence-electron chi connectivity index (χ2n) is 6.53. The molecule has 1 aliphatic rings. The summed E-state index contributed by atoms with van der Waals surface area (Å²) in [6.07, 6.45) is 7.82. The molecular weight excluding hydrogens is 332 g/mol. The van der Waals surface area contributed by atoms with Gasteiger partial charge in [-0.3, -0.25) is 9.58 Å². The van der Waals surface area contributed by atoms with Crippen molar-refractivity contribution in [3.05, 3.63) is 47.6 Å². The Morgan fingerprint density at radius 1 is 1.50 bits per heavy atom. The van der Waals surface area contributed by atoms with Crippen molar-refractivity contribution in [1.82, 2.24) is 24.6 Å². The number of fused-ring (bicyclic) bond motifs is 1. The van der Waals surface area contributed by atoms with Crippen molar-refractivity contribution in [2.24, 2.45) is 0 Å². The van der Waals surface area contributed by atoms with Gasteiger partial charge in [0, 0.05) is 48.8 Å². The Balaban J connectivity index is 1.76. The lowest BCUT2D eigenvalue weighted by atomic mass is 9.90. The number of aromatic nitrogens is 4. The van der Waals surface area contributed by atoms with E-state index < -0.39 is 5.97 Å². The quantitative estimate of drug-likeness (QED) is 0.727. The monoisotopic (exact) mass is 356 g/mol. The molecule has 0 saturated carbocycles. The van der Waals surface area contributed by atoms with Gasteiger partial charge >= 0.3 is 5.97 Å². The van der Waals surface area contributed by atoms with Crippen LogP contribution in [0.4, 0.5) is 5.95 Å². The van der Waals surface area contributed by atoms with Gasteiger partial charge in [-0.15, -0.1) is 6.58 Å². The van der Waals surface area contributed by atoms with Crippen LogP contribution < -0.4 is 5.32 Å². The Bertz CT molecular complexity index is 799. The van der Waals surface area contributed by atoms with Gasteiger partial charge in [0.15, 0.2) is 5.69 Å². The second-order valence-corrected chi connectivity index (χ2v) is 6.53. The second kappa shape index (κ2) is 7.65. The van der Waals surface area contributed by atoms with E-state index in [2.05, 4.69) is 38.9 Å². The Kier molecular flexibility index (Phi) is 5.32. The molecule has 3 rings (SSSR count). The van der Waals surface area contributed by atoms with Crippen molar-refractivity contribution in [2.75, 3.05) is 19.4 Å². The Labute approximate surface area is 152 Å². The van der Waals surface area contributed by atoms with Crippen molar-refractivity contribution in [2.45, 2.75) is 38.4 Å². The molecule has 8 heteroatoms. The normalized spacial score (nSPS) is 16.3. The highest BCUT2D eigenvalue weighted by atomic mass is 16.4. The maximum absolute atomic E-state index is 11.6. The zero-order valence-electron chi connectivity index (χ0n) is 15.1. The molecule has 0 aliphatic heterocycles. The van der Waals surface area contributed by atoms with Crippen molar-refractivity contribution < 1.29 is 9.90 Å². The summed E-state index contributed by atoms with van der Waals surface area (Å²) in [6.45, 7) is 4.98. The smallest absolute Gasteiger partial charge is 0.356 e. The fourth-order valence-electron chi connectivity index (χ4n) is 3.47. The van der Waals surface area contributed by atoms with Crippen LogP contribution in [0.15, 0.2) is 25.0 Å². The summed E-state index contributed by atoms with van der Waals surface area (Å²) in [4.78, 5) is 22.3. The molecule has 0 bridgehead atoms. The summed E-state index contributed by atoms with van der Waals surface area (Å²) in [5.41, 5.74) is 3.07. The third-order valence-electron chi connectivity index (χ3n) is 4.81. The molecule has 0 aromatic carbocycles. The van der Waals surface area contributed by atoms with Crippen molar-refractivity contribution in [1.29, 1.82) is 0 Å². The average molecular weight is 356 g/mol. The van der Waals surface area contributed by atoms with E-state index in [9.17, 15) is 9.90 Å². The number of carboxylic acid groups (broad SMARTS) is 1. The molecule has 1 aliphatic carbocycles. The predicted octanol–water partition coefficient (Wildman–Crippen LogP) is 1.59. The van der Waals surface area contributed by atoms with Crippen LogP contribution >= 0.6 is 0 Å². The third-order valence-corrected chi connectivity index (χ3v) is 4.81. The average Bonchev–Trinajstić information content (AvgIpc) is 3.01. The maximum Gasteiger partial charge on any atom is 0.356 e. The first-order chi connectivity index (χ1) is 12.5. The highest BCUT2D eigenvalue weighted by Gasteiger charge is 2.30. The van der Waals surface area contributed by atoms with Crippen LogP contribution in [0, 0.1) is 0 Å². The van der Waals surface area contributed by atoms with Crippen LogP contribution in [-0.2, 0) is 25.9 Å². The number of carbonyl (C=O) groups is 1. The highest BCUT2D eigenvalue weighted by Crippen LogP contribution is 2.28. The SMILES string of the molecule is C=CCn1nc(C(=O)O)c2c1CC[C@H](N(C)Cc1cnc(NC)nc1)C2. The van der Waals surface area contributed by atoms with E-state index in [4.69, 9.17) is 0 Å². The molecule has 2 heterocycles. The van der Waals surface area contributed by atoms with Crippen LogP contribution in [0.25, 0.3) is 0 Å². The van der Waals surface area contributed by atoms with E-state index in [1.807, 2.05) is 12.4 Å². The maximum atomic E-state index is 11.6. The van der Waals surface area contributed by atoms with Gasteiger partial charge < -0.3 is 10.4 Å². The molecule has 2 aromatic rings. The van der Waals surface area contributed by atoms with Gasteiger partial charge in [-0.1, -0.05) is 6.08 Å². The number of hydrogen-bond acceptors (Lipinski definition) is 6. The zero-order chi connectivity index (χ0) is 18.7. The highest BCUT2D eigenvalue weighted by molar-refractivity contribution is 5.87. The lowest BCUT2D eigenvalue weighted by Gasteiger charge is -2.31. The van der Waals surface area contributed by atoms with Crippen LogP contribution in [0.3, 0.4) is 0 Å². The van der Waals surface area contributed by atoms with E-state index in [1.54, 1.807) is 17.8 Å². The number of rotatable bonds is 7. The van der Waals surface area contributed by atoms with E-state index >= 15 is 0 Å².